The number of Topliss-reactive ketones (excluding diaryl/α,β-unsaturated/α-hetero) is 1. The van der Waals surface area contributed by atoms with Crippen molar-refractivity contribution in [1.29, 1.82) is 0 Å². The zero-order valence-corrected chi connectivity index (χ0v) is 16.9. The van der Waals surface area contributed by atoms with E-state index in [4.69, 9.17) is 5.21 Å². The van der Waals surface area contributed by atoms with Crippen LogP contribution in [0.1, 0.15) is 21.6 Å². The molecule has 0 unspecified atom stereocenters. The smallest absolute Gasteiger partial charge is 0.332 e. The van der Waals surface area contributed by atoms with Crippen LogP contribution in [0.3, 0.4) is 0 Å². The first-order chi connectivity index (χ1) is 14.8. The molecule has 0 bridgehead atoms. The van der Waals surface area contributed by atoms with Crippen LogP contribution in [0, 0.1) is 6.92 Å². The van der Waals surface area contributed by atoms with Crippen molar-refractivity contribution in [3.8, 4) is 11.4 Å². The maximum Gasteiger partial charge on any atom is 0.417 e. The van der Waals surface area contributed by atoms with E-state index in [9.17, 15) is 18.0 Å². The number of nitrogens with one attached hydrogen (secondary N) is 2. The fraction of sp³-hybridized carbons (Fsp3) is 0.150. The van der Waals surface area contributed by atoms with E-state index in [1.54, 1.807) is 36.6 Å². The van der Waals surface area contributed by atoms with Gasteiger partial charge in [0.25, 0.3) is 0 Å². The second-order valence-electron chi connectivity index (χ2n) is 6.69. The first-order valence-corrected chi connectivity index (χ1v) is 9.93. The summed E-state index contributed by atoms with van der Waals surface area (Å²) in [6.45, 7) is 1.54. The van der Waals surface area contributed by atoms with Gasteiger partial charge in [0.2, 0.25) is 0 Å². The number of carbonyl (C=O) groups is 1. The molecular weight excluding hydrogens is 431 g/mol. The summed E-state index contributed by atoms with van der Waals surface area (Å²) < 4.78 is 40.8. The first kappa shape index (κ1) is 21.0. The van der Waals surface area contributed by atoms with Crippen molar-refractivity contribution in [2.45, 2.75) is 13.1 Å². The summed E-state index contributed by atoms with van der Waals surface area (Å²) in [7, 11) is 0. The number of aryl methyl sites for hydroxylation is 1. The van der Waals surface area contributed by atoms with E-state index in [2.05, 4.69) is 15.3 Å². The molecule has 0 fully saturated rings. The molecule has 31 heavy (non-hydrogen) atoms. The maximum absolute atomic E-state index is 13.1. The van der Waals surface area contributed by atoms with Gasteiger partial charge in [0.15, 0.2) is 10.9 Å². The summed E-state index contributed by atoms with van der Waals surface area (Å²) in [5, 5.41) is 14.0. The number of hydrogen-bond acceptors (Lipinski definition) is 7. The maximum atomic E-state index is 13.1. The van der Waals surface area contributed by atoms with Crippen molar-refractivity contribution in [2.75, 3.05) is 11.9 Å². The third-order valence-corrected chi connectivity index (χ3v) is 5.32. The number of hydroxylamine groups is 1. The normalized spacial score (nSPS) is 11.8. The van der Waals surface area contributed by atoms with Gasteiger partial charge >= 0.3 is 6.18 Å². The number of hydrogen-bond donors (Lipinski definition) is 3. The van der Waals surface area contributed by atoms with Crippen LogP contribution in [0.25, 0.3) is 17.0 Å². The van der Waals surface area contributed by atoms with Gasteiger partial charge in [-0.15, -0.1) is 11.3 Å². The Balaban J connectivity index is 1.61. The molecule has 0 spiro atoms. The molecule has 0 amide bonds. The molecule has 0 aliphatic heterocycles. The number of thiazole rings is 1. The molecule has 0 aliphatic carbocycles. The molecule has 3 aromatic heterocycles. The van der Waals surface area contributed by atoms with E-state index in [-0.39, 0.29) is 12.3 Å². The van der Waals surface area contributed by atoms with E-state index in [0.29, 0.717) is 39.1 Å². The molecule has 0 saturated carbocycles. The van der Waals surface area contributed by atoms with Gasteiger partial charge in [-0.2, -0.15) is 18.7 Å². The Morgan fingerprint density at radius 2 is 1.90 bits per heavy atom. The lowest BCUT2D eigenvalue weighted by atomic mass is 10.1. The molecule has 0 radical (unpaired) electrons. The van der Waals surface area contributed by atoms with Crippen LogP contribution in [0.2, 0.25) is 0 Å². The number of benzene rings is 1. The molecule has 0 atom stereocenters. The molecule has 4 rings (SSSR count). The van der Waals surface area contributed by atoms with Crippen LogP contribution in [0.15, 0.2) is 48.0 Å². The van der Waals surface area contributed by atoms with Gasteiger partial charge in [-0.3, -0.25) is 9.20 Å². The Labute approximate surface area is 178 Å². The van der Waals surface area contributed by atoms with Crippen molar-refractivity contribution in [1.82, 2.24) is 19.8 Å². The second-order valence-corrected chi connectivity index (χ2v) is 7.55. The number of carbonyl (C=O) groups excluding carboxylic acids is 1. The van der Waals surface area contributed by atoms with Crippen LogP contribution in [-0.4, -0.2) is 31.9 Å². The minimum atomic E-state index is -4.46. The van der Waals surface area contributed by atoms with Gasteiger partial charge in [-0.05, 0) is 43.3 Å². The SMILES string of the molecule is Cc1nc2ccc(C(F)(F)F)cn2c1-c1csc(Nc2ccc(C(=O)CNO)cc2)n1. The Morgan fingerprint density at radius 1 is 1.16 bits per heavy atom. The predicted molar refractivity (Wildman–Crippen MR) is 110 cm³/mol. The number of nitrogens with zero attached hydrogens (tertiary/aromatic N) is 3. The Morgan fingerprint density at radius 3 is 2.58 bits per heavy atom. The number of alkyl halides is 3. The van der Waals surface area contributed by atoms with E-state index in [0.717, 1.165) is 12.3 Å². The average Bonchev–Trinajstić information content (AvgIpc) is 3.30. The quantitative estimate of drug-likeness (QED) is 0.293. The van der Waals surface area contributed by atoms with Gasteiger partial charge in [-0.1, -0.05) is 0 Å². The number of rotatable bonds is 6. The van der Waals surface area contributed by atoms with Crippen LogP contribution < -0.4 is 10.8 Å². The summed E-state index contributed by atoms with van der Waals surface area (Å²) in [5.74, 6) is -0.258. The largest absolute Gasteiger partial charge is 0.417 e. The van der Waals surface area contributed by atoms with Crippen LogP contribution >= 0.6 is 11.3 Å². The molecule has 160 valence electrons. The van der Waals surface area contributed by atoms with E-state index < -0.39 is 11.7 Å². The van der Waals surface area contributed by atoms with Gasteiger partial charge in [-0.25, -0.2) is 9.97 Å². The van der Waals surface area contributed by atoms with Gasteiger partial charge in [0.05, 0.1) is 23.5 Å². The van der Waals surface area contributed by atoms with Crippen LogP contribution in [0.4, 0.5) is 24.0 Å². The molecule has 0 saturated heterocycles. The highest BCUT2D eigenvalue weighted by Crippen LogP contribution is 2.33. The molecule has 4 aromatic rings. The predicted octanol–water partition coefficient (Wildman–Crippen LogP) is 4.69. The van der Waals surface area contributed by atoms with Gasteiger partial charge in [0, 0.05) is 22.8 Å². The highest BCUT2D eigenvalue weighted by molar-refractivity contribution is 7.14. The standard InChI is InChI=1S/C20H16F3N5O2S/c1-11-18(28-9-13(20(21,22)23)4-7-17(28)25-11)15-10-31-19(27-15)26-14-5-2-12(3-6-14)16(29)8-24-30/h2-7,9-10,24,30H,8H2,1H3,(H,26,27). The van der Waals surface area contributed by atoms with E-state index in [1.165, 1.54) is 21.8 Å². The number of anilines is 2. The van der Waals surface area contributed by atoms with Crippen molar-refractivity contribution in [3.05, 3.63) is 64.8 Å². The zero-order valence-electron chi connectivity index (χ0n) is 16.1. The lowest BCUT2D eigenvalue weighted by molar-refractivity contribution is -0.137. The van der Waals surface area contributed by atoms with Crippen LogP contribution in [-0.2, 0) is 6.18 Å². The molecular formula is C20H16F3N5O2S. The Hall–Kier alpha value is -3.28. The van der Waals surface area contributed by atoms with Crippen molar-refractivity contribution < 1.29 is 23.2 Å². The molecule has 7 nitrogen and oxygen atoms in total. The number of fused-ring (bicyclic) bond motifs is 1. The van der Waals surface area contributed by atoms with Gasteiger partial charge in [0.1, 0.15) is 11.3 Å². The molecule has 3 heterocycles. The number of halogens is 3. The highest BCUT2D eigenvalue weighted by Gasteiger charge is 2.31. The number of ketones is 1. The third kappa shape index (κ3) is 4.29. The van der Waals surface area contributed by atoms with E-state index in [1.807, 2.05) is 5.48 Å². The average molecular weight is 447 g/mol. The summed E-state index contributed by atoms with van der Waals surface area (Å²) in [6, 6.07) is 8.96. The lowest BCUT2D eigenvalue weighted by Gasteiger charge is -2.08. The summed E-state index contributed by atoms with van der Waals surface area (Å²) in [4.78, 5) is 20.6. The highest BCUT2D eigenvalue weighted by atomic mass is 32.1. The second kappa shape index (κ2) is 8.10. The monoisotopic (exact) mass is 447 g/mol. The molecule has 0 aliphatic rings. The molecule has 1 aromatic carbocycles. The topological polar surface area (TPSA) is 91.5 Å². The zero-order chi connectivity index (χ0) is 22.2. The van der Waals surface area contributed by atoms with Gasteiger partial charge < -0.3 is 10.5 Å². The van der Waals surface area contributed by atoms with Crippen LogP contribution in [0.5, 0.6) is 0 Å². The minimum Gasteiger partial charge on any atom is -0.332 e. The first-order valence-electron chi connectivity index (χ1n) is 9.05. The number of aromatic nitrogens is 3. The fourth-order valence-electron chi connectivity index (χ4n) is 3.12. The molecule has 3 N–H and O–H groups in total. The molecule has 11 heteroatoms. The number of pyridine rings is 1. The van der Waals surface area contributed by atoms with Crippen molar-refractivity contribution in [3.63, 3.8) is 0 Å². The summed E-state index contributed by atoms with van der Waals surface area (Å²) in [5.41, 5.74) is 4.14. The number of imidazole rings is 1. The summed E-state index contributed by atoms with van der Waals surface area (Å²) >= 11 is 1.29. The fourth-order valence-corrected chi connectivity index (χ4v) is 3.83. The van der Waals surface area contributed by atoms with Crippen molar-refractivity contribution in [2.24, 2.45) is 0 Å². The third-order valence-electron chi connectivity index (χ3n) is 4.56. The van der Waals surface area contributed by atoms with Crippen molar-refractivity contribution >= 4 is 33.6 Å². The van der Waals surface area contributed by atoms with E-state index >= 15 is 0 Å². The minimum absolute atomic E-state index is 0.183. The summed E-state index contributed by atoms with van der Waals surface area (Å²) in [6.07, 6.45) is -3.44. The Bertz CT molecular complexity index is 1250. The lowest BCUT2D eigenvalue weighted by Crippen LogP contribution is -2.19. The Kier molecular flexibility index (Phi) is 5.48.